The Kier molecular flexibility index (Phi) is 43.5. The molecule has 1 aliphatic rings. The Bertz CT molecular complexity index is 4860. The maximum Gasteiger partial charge on any atom is 0.246 e. The number of benzene rings is 4. The van der Waals surface area contributed by atoms with E-state index in [9.17, 15) is 67.4 Å². The van der Waals surface area contributed by atoms with Crippen LogP contribution < -0.4 is 119 Å². The first-order chi connectivity index (χ1) is 62.1. The summed E-state index contributed by atoms with van der Waals surface area (Å²) in [5, 5.41) is 51.8. The fourth-order valence-corrected chi connectivity index (χ4v) is 15.0. The molecule has 0 aliphatic carbocycles. The Hall–Kier alpha value is -13.4. The van der Waals surface area contributed by atoms with Crippen molar-refractivity contribution in [2.75, 3.05) is 50.8 Å². The number of aliphatic hydroxyl groups excluding tert-OH is 1. The molecule has 19 amide bonds. The number of unbranched alkanes of at least 4 members (excludes halogenated alkanes) is 2. The molecule has 43 nitrogen and oxygen atoms in total. The average Bonchev–Trinajstić information content (AvgIpc) is 1.29. The minimum Gasteiger partial charge on any atom is -0.492 e. The van der Waals surface area contributed by atoms with E-state index in [4.69, 9.17) is 39.1 Å². The number of carbonyl (C=O) groups is 19. The number of fused-ring (bicyclic) bond motifs is 2. The predicted octanol–water partition coefficient (Wildman–Crippen LogP) is -4.96. The summed E-state index contributed by atoms with van der Waals surface area (Å²) in [7, 11) is 0. The highest BCUT2D eigenvalue weighted by Gasteiger charge is 2.42. The third kappa shape index (κ3) is 36.6. The third-order valence-corrected chi connectivity index (χ3v) is 22.1. The van der Waals surface area contributed by atoms with Gasteiger partial charge < -0.3 is 129 Å². The number of para-hydroxylation sites is 1. The van der Waals surface area contributed by atoms with Crippen molar-refractivity contribution in [3.05, 3.63) is 114 Å². The van der Waals surface area contributed by atoms with E-state index in [0.29, 0.717) is 38.7 Å². The smallest absolute Gasteiger partial charge is 0.246 e. The first kappa shape index (κ1) is 106. The SMILES string of the molecule is CC(=O)NCCCC[C@H](NC(=O)[C@](C)(CCCCN)NC(=O)[C@H](Cc1ccc2ccccc2c1)NC(=O)[C@H](Cc1ccc(OCCN)cc1)NC(=O)[C@@H]1CSCC[C@H](NC(C)=O)C(=O)N[C@@H](CCC(N)=O)C(=O)N[C@@H]([C@@H](C)O)C(=O)N[C@@H](Cc2c[nH]c3ccccc23)C(=O)N[C@@H](CCC(N)=O)C(=O)N1)C(=O)N[C@@H](CC(=O)NCC(C)C)C(=O)NCC(=O)N[C@@H](CC(N)=O)C(N)=O. The van der Waals surface area contributed by atoms with E-state index < -0.39 is 242 Å². The van der Waals surface area contributed by atoms with Crippen molar-refractivity contribution in [3.63, 3.8) is 0 Å². The molecule has 1 fully saturated rings. The quantitative estimate of drug-likeness (QED) is 0.0162. The van der Waals surface area contributed by atoms with E-state index in [1.165, 1.54) is 13.8 Å². The molecule has 4 aromatic carbocycles. The second-order valence-corrected chi connectivity index (χ2v) is 33.8. The molecule has 0 saturated carbocycles. The van der Waals surface area contributed by atoms with Crippen LogP contribution in [0.5, 0.6) is 5.75 Å². The molecule has 1 saturated heterocycles. The summed E-state index contributed by atoms with van der Waals surface area (Å²) in [6.07, 6.45) is -4.76. The molecule has 0 spiro atoms. The van der Waals surface area contributed by atoms with Gasteiger partial charge in [-0.15, -0.1) is 0 Å². The molecule has 0 unspecified atom stereocenters. The van der Waals surface area contributed by atoms with Crippen molar-refractivity contribution >= 4 is 146 Å². The Balaban J connectivity index is 1.46. The summed E-state index contributed by atoms with van der Waals surface area (Å²) in [6.45, 7) is 8.15. The molecule has 714 valence electrons. The van der Waals surface area contributed by atoms with Gasteiger partial charge in [0.15, 0.2) is 0 Å². The summed E-state index contributed by atoms with van der Waals surface area (Å²) in [6, 6.07) is 6.76. The Morgan fingerprint density at radius 2 is 1.18 bits per heavy atom. The number of nitrogens with one attached hydrogen (secondary N) is 16. The third-order valence-electron chi connectivity index (χ3n) is 21.0. The van der Waals surface area contributed by atoms with E-state index in [1.54, 1.807) is 105 Å². The molecule has 131 heavy (non-hydrogen) atoms. The van der Waals surface area contributed by atoms with Crippen LogP contribution in [0.15, 0.2) is 97.2 Å². The van der Waals surface area contributed by atoms with Crippen LogP contribution in [-0.4, -0.2) is 251 Å². The second kappa shape index (κ2) is 53.6. The topological polar surface area (TPSA) is 706 Å². The van der Waals surface area contributed by atoms with Crippen molar-refractivity contribution in [1.29, 1.82) is 0 Å². The summed E-state index contributed by atoms with van der Waals surface area (Å²) in [4.78, 5) is 269. The number of amides is 19. The van der Waals surface area contributed by atoms with Crippen LogP contribution in [0.25, 0.3) is 21.7 Å². The van der Waals surface area contributed by atoms with Crippen LogP contribution in [0, 0.1) is 5.92 Å². The van der Waals surface area contributed by atoms with Crippen LogP contribution in [0.1, 0.15) is 142 Å². The monoisotopic (exact) mass is 1840 g/mol. The van der Waals surface area contributed by atoms with Crippen LogP contribution in [0.2, 0.25) is 0 Å². The Morgan fingerprint density at radius 1 is 0.565 bits per heavy atom. The fraction of sp³-hybridized carbons (Fsp3) is 0.506. The van der Waals surface area contributed by atoms with Crippen LogP contribution in [-0.2, 0) is 110 Å². The number of H-pyrrole nitrogens is 1. The standard InChI is InChI=1S/C87H124N22O21S/c1-47(2)43-96-72(116)42-67(76(119)97-45-73(117)99-63(75(93)118)41-71(92)115)104-77(120)59(19-11-14-34-94-49(4)111)107-86(129)87(6,31-12-13-32-88)109-84(127)65(39-52-20-23-53-15-7-8-16-54(53)37-52)103-81(124)64(38-51-21-24-56(25-22-51)130-35-33-89)102-83(126)68-46-131-36-30-62(98-50(5)112)79(122)100-61(27-29-70(91)114)80(123)108-74(48(3)110)85(128)105-66(40-55-44-95-58-18-10-9-17-57(55)58)82(125)101-60(78(121)106-68)26-28-69(90)113/h7-10,15-18,20-25,37,44,47-48,59-68,74,95,110H,11-14,19,26-36,38-43,45-46,88-89H2,1-6H3,(H2,90,113)(H2,91,114)(H2,92,115)(H2,93,118)(H,94,111)(H,96,116)(H,97,119)(H,98,112)(H,99,117)(H,100,122)(H,101,125)(H,102,126)(H,103,124)(H,104,120)(H,105,128)(H,106,121)(H,107,129)(H,108,123)(H,109,127)/t48-,59+,60+,61+,62+,63+,64+,65+,66+,67+,68+,74+,87+/m1/s1. The molecule has 1 aliphatic heterocycles. The van der Waals surface area contributed by atoms with E-state index in [1.807, 2.05) is 6.07 Å². The van der Waals surface area contributed by atoms with Crippen molar-refractivity contribution in [2.45, 2.75) is 222 Å². The van der Waals surface area contributed by atoms with Gasteiger partial charge in [0.05, 0.1) is 25.5 Å². The summed E-state index contributed by atoms with van der Waals surface area (Å²) >= 11 is 0.917. The molecule has 0 bridgehead atoms. The molecule has 5 aromatic rings. The number of thioether (sulfide) groups is 1. The highest BCUT2D eigenvalue weighted by atomic mass is 32.2. The lowest BCUT2D eigenvalue weighted by Crippen LogP contribution is -2.64. The molecule has 0 radical (unpaired) electrons. The van der Waals surface area contributed by atoms with Crippen LogP contribution >= 0.6 is 11.8 Å². The summed E-state index contributed by atoms with van der Waals surface area (Å²) in [5.41, 5.74) is 33.3. The van der Waals surface area contributed by atoms with Gasteiger partial charge in [0, 0.05) is 88.4 Å². The molecule has 44 heteroatoms. The summed E-state index contributed by atoms with van der Waals surface area (Å²) in [5.74, 6) is -19.0. The zero-order valence-electron chi connectivity index (χ0n) is 74.2. The van der Waals surface area contributed by atoms with E-state index >= 15 is 28.8 Å². The molecular formula is C87H124N22O21S. The maximum atomic E-state index is 15.9. The van der Waals surface area contributed by atoms with Crippen molar-refractivity contribution < 1.29 is 101 Å². The lowest BCUT2D eigenvalue weighted by molar-refractivity contribution is -0.138. The first-order valence-corrected chi connectivity index (χ1v) is 44.3. The first-order valence-electron chi connectivity index (χ1n) is 43.1. The number of rotatable bonds is 47. The number of nitrogens with two attached hydrogens (primary N) is 6. The number of aromatic nitrogens is 1. The second-order valence-electron chi connectivity index (χ2n) is 32.6. The van der Waals surface area contributed by atoms with E-state index in [2.05, 4.69) is 84.7 Å². The van der Waals surface area contributed by atoms with Crippen LogP contribution in [0.4, 0.5) is 0 Å². The number of primary amides is 4. The van der Waals surface area contributed by atoms with Gasteiger partial charge in [0.1, 0.15) is 84.4 Å². The largest absolute Gasteiger partial charge is 0.492 e. The van der Waals surface area contributed by atoms with Gasteiger partial charge in [0.25, 0.3) is 0 Å². The van der Waals surface area contributed by atoms with Crippen molar-refractivity contribution in [1.82, 2.24) is 84.7 Å². The van der Waals surface area contributed by atoms with Gasteiger partial charge >= 0.3 is 0 Å². The zero-order valence-corrected chi connectivity index (χ0v) is 75.0. The lowest BCUT2D eigenvalue weighted by Gasteiger charge is -2.34. The van der Waals surface area contributed by atoms with Crippen molar-refractivity contribution in [2.24, 2.45) is 40.3 Å². The van der Waals surface area contributed by atoms with E-state index in [0.717, 1.165) is 31.0 Å². The molecule has 29 N–H and O–H groups in total. The zero-order chi connectivity index (χ0) is 96.6. The Labute approximate surface area is 760 Å². The molecule has 6 rings (SSSR count). The number of aliphatic hydroxyl groups is 1. The number of hydrogen-bond donors (Lipinski definition) is 23. The molecule has 2 heterocycles. The highest BCUT2D eigenvalue weighted by Crippen LogP contribution is 2.24. The Morgan fingerprint density at radius 3 is 1.81 bits per heavy atom. The van der Waals surface area contributed by atoms with Gasteiger partial charge in [-0.1, -0.05) is 86.6 Å². The maximum absolute atomic E-state index is 15.9. The summed E-state index contributed by atoms with van der Waals surface area (Å²) < 4.78 is 5.75. The fourth-order valence-electron chi connectivity index (χ4n) is 13.9. The van der Waals surface area contributed by atoms with Gasteiger partial charge in [-0.3, -0.25) is 91.1 Å². The minimum atomic E-state index is -2.07. The molecule has 1 aromatic heterocycles. The van der Waals surface area contributed by atoms with Crippen molar-refractivity contribution in [3.8, 4) is 5.75 Å². The predicted molar refractivity (Wildman–Crippen MR) is 482 cm³/mol. The average molecular weight is 1850 g/mol. The lowest BCUT2D eigenvalue weighted by atomic mass is 9.91. The van der Waals surface area contributed by atoms with Gasteiger partial charge in [0.2, 0.25) is 112 Å². The van der Waals surface area contributed by atoms with Gasteiger partial charge in [-0.25, -0.2) is 0 Å². The molecular weight excluding hydrogens is 1720 g/mol. The highest BCUT2D eigenvalue weighted by molar-refractivity contribution is 7.99. The van der Waals surface area contributed by atoms with Crippen LogP contribution in [0.3, 0.4) is 0 Å². The number of carbonyl (C=O) groups excluding carboxylic acids is 19. The number of ether oxygens (including phenoxy) is 1. The number of hydrogen-bond acceptors (Lipinski definition) is 24. The number of aromatic amines is 1. The normalized spacial score (nSPS) is 18.3. The molecule has 13 atom stereocenters. The van der Waals surface area contributed by atoms with Gasteiger partial charge in [-0.05, 0) is 136 Å². The minimum absolute atomic E-state index is 0.0865. The van der Waals surface area contributed by atoms with Gasteiger partial charge in [-0.2, -0.15) is 11.8 Å². The van der Waals surface area contributed by atoms with E-state index in [-0.39, 0.29) is 108 Å².